The summed E-state index contributed by atoms with van der Waals surface area (Å²) in [5.74, 6) is 0.850. The van der Waals surface area contributed by atoms with E-state index in [2.05, 4.69) is 11.1 Å². The quantitative estimate of drug-likeness (QED) is 0.778. The SMILES string of the molecule is COc1ccc2c(c1)-c1sc(C=O)nc1CCC2. The summed E-state index contributed by atoms with van der Waals surface area (Å²) < 4.78 is 5.28. The number of carbonyl (C=O) groups excluding carboxylic acids is 1. The Morgan fingerprint density at radius 2 is 2.28 bits per heavy atom. The maximum Gasteiger partial charge on any atom is 0.178 e. The summed E-state index contributed by atoms with van der Waals surface area (Å²) in [6.07, 6.45) is 3.91. The fourth-order valence-electron chi connectivity index (χ4n) is 2.36. The van der Waals surface area contributed by atoms with Gasteiger partial charge < -0.3 is 4.74 Å². The number of thiazole rings is 1. The molecule has 0 atom stereocenters. The number of carbonyl (C=O) groups is 1. The van der Waals surface area contributed by atoms with Gasteiger partial charge in [0.2, 0.25) is 0 Å². The normalized spacial score (nSPS) is 13.4. The van der Waals surface area contributed by atoms with Crippen molar-refractivity contribution in [2.24, 2.45) is 0 Å². The molecule has 0 bridgehead atoms. The zero-order valence-corrected chi connectivity index (χ0v) is 10.9. The van der Waals surface area contributed by atoms with Crippen molar-refractivity contribution >= 4 is 17.6 Å². The number of hydrogen-bond acceptors (Lipinski definition) is 4. The molecule has 1 heterocycles. The maximum absolute atomic E-state index is 10.9. The smallest absolute Gasteiger partial charge is 0.178 e. The molecule has 0 aliphatic heterocycles. The minimum Gasteiger partial charge on any atom is -0.497 e. The van der Waals surface area contributed by atoms with Crippen LogP contribution in [0, 0.1) is 0 Å². The van der Waals surface area contributed by atoms with Gasteiger partial charge in [0.15, 0.2) is 11.3 Å². The number of aldehydes is 1. The zero-order chi connectivity index (χ0) is 12.5. The number of aryl methyl sites for hydroxylation is 2. The van der Waals surface area contributed by atoms with Gasteiger partial charge >= 0.3 is 0 Å². The van der Waals surface area contributed by atoms with Crippen molar-refractivity contribution in [1.82, 2.24) is 4.98 Å². The summed E-state index contributed by atoms with van der Waals surface area (Å²) in [7, 11) is 1.67. The van der Waals surface area contributed by atoms with Crippen LogP contribution < -0.4 is 4.74 Å². The van der Waals surface area contributed by atoms with E-state index < -0.39 is 0 Å². The van der Waals surface area contributed by atoms with Crippen LogP contribution in [0.25, 0.3) is 10.4 Å². The van der Waals surface area contributed by atoms with Gasteiger partial charge in [0.25, 0.3) is 0 Å². The Balaban J connectivity index is 2.21. The van der Waals surface area contributed by atoms with Crippen molar-refractivity contribution in [3.63, 3.8) is 0 Å². The second kappa shape index (κ2) is 4.53. The molecule has 0 saturated heterocycles. The summed E-state index contributed by atoms with van der Waals surface area (Å²) in [6, 6.07) is 6.15. The molecule has 0 spiro atoms. The van der Waals surface area contributed by atoms with Crippen LogP contribution in [0.4, 0.5) is 0 Å². The van der Waals surface area contributed by atoms with Crippen LogP contribution in [-0.4, -0.2) is 18.4 Å². The highest BCUT2D eigenvalue weighted by atomic mass is 32.1. The van der Waals surface area contributed by atoms with Crippen molar-refractivity contribution in [1.29, 1.82) is 0 Å². The standard InChI is InChI=1S/C14H13NO2S/c1-17-10-6-5-9-3-2-4-12-14(11(9)7-10)18-13(8-16)15-12/h5-8H,2-4H2,1H3. The first-order chi connectivity index (χ1) is 8.81. The van der Waals surface area contributed by atoms with Crippen LogP contribution in [-0.2, 0) is 12.8 Å². The van der Waals surface area contributed by atoms with Gasteiger partial charge in [-0.25, -0.2) is 4.98 Å². The fraction of sp³-hybridized carbons (Fsp3) is 0.286. The van der Waals surface area contributed by atoms with Gasteiger partial charge in [0.1, 0.15) is 5.75 Å². The van der Waals surface area contributed by atoms with Crippen LogP contribution in [0.15, 0.2) is 18.2 Å². The Hall–Kier alpha value is -1.68. The molecule has 3 nitrogen and oxygen atoms in total. The topological polar surface area (TPSA) is 39.2 Å². The van der Waals surface area contributed by atoms with Gasteiger partial charge in [0, 0.05) is 5.56 Å². The van der Waals surface area contributed by atoms with Crippen molar-refractivity contribution in [3.8, 4) is 16.2 Å². The number of benzene rings is 1. The largest absolute Gasteiger partial charge is 0.497 e. The lowest BCUT2D eigenvalue weighted by atomic mass is 10.0. The van der Waals surface area contributed by atoms with E-state index in [4.69, 9.17) is 4.74 Å². The minimum atomic E-state index is 0.565. The molecule has 0 radical (unpaired) electrons. The molecule has 1 aromatic heterocycles. The molecule has 0 saturated carbocycles. The number of rotatable bonds is 2. The van der Waals surface area contributed by atoms with Crippen LogP contribution in [0.2, 0.25) is 0 Å². The van der Waals surface area contributed by atoms with Crippen LogP contribution in [0.3, 0.4) is 0 Å². The summed E-state index contributed by atoms with van der Waals surface area (Å²) >= 11 is 1.48. The van der Waals surface area contributed by atoms with Crippen molar-refractivity contribution in [2.45, 2.75) is 19.3 Å². The first-order valence-corrected chi connectivity index (χ1v) is 6.75. The number of nitrogens with zero attached hydrogens (tertiary/aromatic N) is 1. The molecular weight excluding hydrogens is 246 g/mol. The third-order valence-corrected chi connectivity index (χ3v) is 4.29. The molecule has 0 fully saturated rings. The zero-order valence-electron chi connectivity index (χ0n) is 10.1. The number of aromatic nitrogens is 1. The molecule has 1 aromatic carbocycles. The van der Waals surface area contributed by atoms with Gasteiger partial charge in [0.05, 0.1) is 17.7 Å². The molecular formula is C14H13NO2S. The minimum absolute atomic E-state index is 0.565. The van der Waals surface area contributed by atoms with E-state index >= 15 is 0 Å². The van der Waals surface area contributed by atoms with Crippen molar-refractivity contribution in [3.05, 3.63) is 34.5 Å². The van der Waals surface area contributed by atoms with E-state index in [-0.39, 0.29) is 0 Å². The molecule has 1 aliphatic rings. The third kappa shape index (κ3) is 1.82. The number of fused-ring (bicyclic) bond motifs is 3. The Labute approximate surface area is 109 Å². The molecule has 18 heavy (non-hydrogen) atoms. The summed E-state index contributed by atoms with van der Waals surface area (Å²) in [4.78, 5) is 16.4. The Kier molecular flexibility index (Phi) is 2.88. The number of methoxy groups -OCH3 is 1. The second-order valence-corrected chi connectivity index (χ2v) is 5.35. The van der Waals surface area contributed by atoms with E-state index in [1.54, 1.807) is 7.11 Å². The van der Waals surface area contributed by atoms with E-state index in [0.29, 0.717) is 5.01 Å². The molecule has 0 amide bonds. The van der Waals surface area contributed by atoms with Crippen LogP contribution in [0.5, 0.6) is 5.75 Å². The highest BCUT2D eigenvalue weighted by Crippen LogP contribution is 2.38. The van der Waals surface area contributed by atoms with E-state index in [1.807, 2.05) is 12.1 Å². The van der Waals surface area contributed by atoms with Crippen molar-refractivity contribution in [2.75, 3.05) is 7.11 Å². The first kappa shape index (κ1) is 11.4. The lowest BCUT2D eigenvalue weighted by Crippen LogP contribution is -1.89. The molecule has 3 rings (SSSR count). The maximum atomic E-state index is 10.9. The van der Waals surface area contributed by atoms with E-state index in [0.717, 1.165) is 41.9 Å². The van der Waals surface area contributed by atoms with Gasteiger partial charge in [-0.15, -0.1) is 11.3 Å². The number of ether oxygens (including phenoxy) is 1. The van der Waals surface area contributed by atoms with Gasteiger partial charge in [-0.05, 0) is 37.0 Å². The van der Waals surface area contributed by atoms with Crippen LogP contribution in [0.1, 0.15) is 27.5 Å². The number of hydrogen-bond donors (Lipinski definition) is 0. The van der Waals surface area contributed by atoms with Crippen LogP contribution >= 0.6 is 11.3 Å². The summed E-state index contributed by atoms with van der Waals surface area (Å²) in [5, 5.41) is 0.565. The van der Waals surface area contributed by atoms with Gasteiger partial charge in [-0.1, -0.05) is 6.07 Å². The fourth-order valence-corrected chi connectivity index (χ4v) is 3.34. The monoisotopic (exact) mass is 259 g/mol. The van der Waals surface area contributed by atoms with Gasteiger partial charge in [-0.2, -0.15) is 0 Å². The molecule has 4 heteroatoms. The third-order valence-electron chi connectivity index (χ3n) is 3.24. The molecule has 0 N–H and O–H groups in total. The Bertz CT molecular complexity index is 604. The molecule has 92 valence electrons. The predicted octanol–water partition coefficient (Wildman–Crippen LogP) is 3.12. The second-order valence-electron chi connectivity index (χ2n) is 4.32. The summed E-state index contributed by atoms with van der Waals surface area (Å²) in [6.45, 7) is 0. The predicted molar refractivity (Wildman–Crippen MR) is 71.5 cm³/mol. The average Bonchev–Trinajstić information content (AvgIpc) is 2.75. The Morgan fingerprint density at radius 3 is 3.06 bits per heavy atom. The Morgan fingerprint density at radius 1 is 1.39 bits per heavy atom. The highest BCUT2D eigenvalue weighted by Gasteiger charge is 2.19. The lowest BCUT2D eigenvalue weighted by molar-refractivity contribution is 0.112. The summed E-state index contributed by atoms with van der Waals surface area (Å²) in [5.41, 5.74) is 3.54. The molecule has 0 unspecified atom stereocenters. The molecule has 2 aromatic rings. The average molecular weight is 259 g/mol. The molecule has 1 aliphatic carbocycles. The van der Waals surface area contributed by atoms with E-state index in [9.17, 15) is 4.79 Å². The lowest BCUT2D eigenvalue weighted by Gasteiger charge is -2.07. The van der Waals surface area contributed by atoms with E-state index in [1.165, 1.54) is 22.5 Å². The van der Waals surface area contributed by atoms with Gasteiger partial charge in [-0.3, -0.25) is 4.79 Å². The first-order valence-electron chi connectivity index (χ1n) is 5.94. The van der Waals surface area contributed by atoms with Crippen molar-refractivity contribution < 1.29 is 9.53 Å². The highest BCUT2D eigenvalue weighted by molar-refractivity contribution is 7.16.